The predicted molar refractivity (Wildman–Crippen MR) is 71.8 cm³/mol. The van der Waals surface area contributed by atoms with E-state index in [4.69, 9.17) is 0 Å². The van der Waals surface area contributed by atoms with Gasteiger partial charge in [-0.15, -0.1) is 0 Å². The Kier molecular flexibility index (Phi) is 4.04. The minimum atomic E-state index is -3.32. The van der Waals surface area contributed by atoms with Crippen LogP contribution in [-0.2, 0) is 16.6 Å². The molecule has 1 aromatic rings. The number of hydrogen-bond acceptors (Lipinski definition) is 3. The second kappa shape index (κ2) is 5.38. The van der Waals surface area contributed by atoms with Crippen LogP contribution in [0, 0.1) is 0 Å². The van der Waals surface area contributed by atoms with Crippen molar-refractivity contribution < 1.29 is 8.42 Å². The first-order chi connectivity index (χ1) is 8.55. The topological polar surface area (TPSA) is 49.4 Å². The summed E-state index contributed by atoms with van der Waals surface area (Å²) in [4.78, 5) is 0.406. The van der Waals surface area contributed by atoms with Crippen molar-refractivity contribution in [3.05, 3.63) is 29.8 Å². The molecule has 18 heavy (non-hydrogen) atoms. The molecule has 1 unspecified atom stereocenters. The average molecular weight is 268 g/mol. The number of benzene rings is 1. The lowest BCUT2D eigenvalue weighted by Crippen LogP contribution is -2.33. The number of rotatable bonds is 4. The molecule has 1 aliphatic heterocycles. The summed E-state index contributed by atoms with van der Waals surface area (Å²) in [7, 11) is -1.47. The lowest BCUT2D eigenvalue weighted by atomic mass is 10.2. The summed E-state index contributed by atoms with van der Waals surface area (Å²) in [5.74, 6) is 0. The third kappa shape index (κ3) is 2.58. The summed E-state index contributed by atoms with van der Waals surface area (Å²) in [5, 5.41) is 3.03. The minimum absolute atomic E-state index is 0.114. The van der Waals surface area contributed by atoms with E-state index in [1.54, 1.807) is 22.5 Å². The van der Waals surface area contributed by atoms with Crippen molar-refractivity contribution in [2.75, 3.05) is 13.6 Å². The SMILES string of the molecule is CNCc1cccc(S(=O)(=O)N2CCCC2C)c1. The quantitative estimate of drug-likeness (QED) is 0.902. The molecule has 0 aliphatic carbocycles. The minimum Gasteiger partial charge on any atom is -0.316 e. The molecule has 0 saturated carbocycles. The molecule has 4 nitrogen and oxygen atoms in total. The molecule has 1 atom stereocenters. The maximum Gasteiger partial charge on any atom is 0.243 e. The van der Waals surface area contributed by atoms with E-state index in [1.165, 1.54) is 0 Å². The zero-order valence-corrected chi connectivity index (χ0v) is 11.7. The zero-order valence-electron chi connectivity index (χ0n) is 10.9. The third-order valence-electron chi connectivity index (χ3n) is 3.38. The van der Waals surface area contributed by atoms with Gasteiger partial charge in [0.15, 0.2) is 0 Å². The highest BCUT2D eigenvalue weighted by Gasteiger charge is 2.32. The van der Waals surface area contributed by atoms with Gasteiger partial charge < -0.3 is 5.32 Å². The number of nitrogens with one attached hydrogen (secondary N) is 1. The normalized spacial score (nSPS) is 21.3. The van der Waals surface area contributed by atoms with E-state index in [-0.39, 0.29) is 6.04 Å². The van der Waals surface area contributed by atoms with Crippen molar-refractivity contribution in [3.8, 4) is 0 Å². The van der Waals surface area contributed by atoms with Crippen molar-refractivity contribution in [2.24, 2.45) is 0 Å². The van der Waals surface area contributed by atoms with Gasteiger partial charge in [-0.1, -0.05) is 12.1 Å². The van der Waals surface area contributed by atoms with Crippen LogP contribution in [0.5, 0.6) is 0 Å². The van der Waals surface area contributed by atoms with E-state index in [2.05, 4.69) is 5.32 Å². The summed E-state index contributed by atoms with van der Waals surface area (Å²) < 4.78 is 26.6. The Morgan fingerprint density at radius 1 is 1.44 bits per heavy atom. The van der Waals surface area contributed by atoms with Crippen LogP contribution in [0.4, 0.5) is 0 Å². The Hall–Kier alpha value is -0.910. The molecule has 1 fully saturated rings. The molecular formula is C13H20N2O2S. The molecule has 0 radical (unpaired) electrons. The molecule has 0 spiro atoms. The van der Waals surface area contributed by atoms with Crippen molar-refractivity contribution >= 4 is 10.0 Å². The smallest absolute Gasteiger partial charge is 0.243 e. The Balaban J connectivity index is 2.32. The van der Waals surface area contributed by atoms with Gasteiger partial charge in [-0.05, 0) is 44.5 Å². The van der Waals surface area contributed by atoms with Crippen LogP contribution in [0.3, 0.4) is 0 Å². The van der Waals surface area contributed by atoms with Crippen LogP contribution in [-0.4, -0.2) is 32.4 Å². The van der Waals surface area contributed by atoms with Crippen molar-refractivity contribution in [3.63, 3.8) is 0 Å². The number of sulfonamides is 1. The van der Waals surface area contributed by atoms with E-state index in [1.807, 2.05) is 20.0 Å². The Morgan fingerprint density at radius 3 is 2.83 bits per heavy atom. The standard InChI is InChI=1S/C13H20N2O2S/c1-11-5-4-8-15(11)18(16,17)13-7-3-6-12(9-13)10-14-2/h3,6-7,9,11,14H,4-5,8,10H2,1-2H3. The third-order valence-corrected chi connectivity index (χ3v) is 5.39. The molecule has 1 N–H and O–H groups in total. The average Bonchev–Trinajstić information content (AvgIpc) is 2.77. The zero-order chi connectivity index (χ0) is 13.2. The highest BCUT2D eigenvalue weighted by atomic mass is 32.2. The van der Waals surface area contributed by atoms with Gasteiger partial charge in [0, 0.05) is 19.1 Å². The van der Waals surface area contributed by atoms with Gasteiger partial charge in [0.1, 0.15) is 0 Å². The molecule has 0 amide bonds. The lowest BCUT2D eigenvalue weighted by Gasteiger charge is -2.21. The van der Waals surface area contributed by atoms with Crippen LogP contribution < -0.4 is 5.32 Å². The second-order valence-electron chi connectivity index (χ2n) is 4.78. The summed E-state index contributed by atoms with van der Waals surface area (Å²) in [6, 6.07) is 7.29. The van der Waals surface area contributed by atoms with E-state index in [0.29, 0.717) is 18.0 Å². The predicted octanol–water partition coefficient (Wildman–Crippen LogP) is 1.58. The Morgan fingerprint density at radius 2 is 2.22 bits per heavy atom. The molecule has 0 bridgehead atoms. The van der Waals surface area contributed by atoms with E-state index in [9.17, 15) is 8.42 Å². The second-order valence-corrected chi connectivity index (χ2v) is 6.68. The van der Waals surface area contributed by atoms with Gasteiger partial charge >= 0.3 is 0 Å². The van der Waals surface area contributed by atoms with E-state index in [0.717, 1.165) is 18.4 Å². The van der Waals surface area contributed by atoms with Gasteiger partial charge in [-0.25, -0.2) is 8.42 Å². The van der Waals surface area contributed by atoms with Crippen molar-refractivity contribution in [1.29, 1.82) is 0 Å². The van der Waals surface area contributed by atoms with Gasteiger partial charge in [-0.2, -0.15) is 4.31 Å². The molecule has 100 valence electrons. The fourth-order valence-corrected chi connectivity index (χ4v) is 4.19. The highest BCUT2D eigenvalue weighted by molar-refractivity contribution is 7.89. The molecular weight excluding hydrogens is 248 g/mol. The maximum absolute atomic E-state index is 12.5. The van der Waals surface area contributed by atoms with E-state index >= 15 is 0 Å². The first-order valence-corrected chi connectivity index (χ1v) is 7.75. The Labute approximate surface area is 109 Å². The monoisotopic (exact) mass is 268 g/mol. The summed E-state index contributed by atoms with van der Waals surface area (Å²) in [6.07, 6.45) is 1.91. The molecule has 5 heteroatoms. The highest BCUT2D eigenvalue weighted by Crippen LogP contribution is 2.25. The van der Waals surface area contributed by atoms with Crippen LogP contribution in [0.2, 0.25) is 0 Å². The van der Waals surface area contributed by atoms with Crippen LogP contribution >= 0.6 is 0 Å². The molecule has 1 saturated heterocycles. The maximum atomic E-state index is 12.5. The van der Waals surface area contributed by atoms with Gasteiger partial charge in [0.2, 0.25) is 10.0 Å². The largest absolute Gasteiger partial charge is 0.316 e. The number of hydrogen-bond donors (Lipinski definition) is 1. The van der Waals surface area contributed by atoms with Crippen LogP contribution in [0.1, 0.15) is 25.3 Å². The van der Waals surface area contributed by atoms with Gasteiger partial charge in [-0.3, -0.25) is 0 Å². The van der Waals surface area contributed by atoms with Crippen molar-refractivity contribution in [2.45, 2.75) is 37.2 Å². The fourth-order valence-electron chi connectivity index (χ4n) is 2.42. The molecule has 0 aromatic heterocycles. The molecule has 2 rings (SSSR count). The van der Waals surface area contributed by atoms with Crippen LogP contribution in [0.15, 0.2) is 29.2 Å². The lowest BCUT2D eigenvalue weighted by molar-refractivity contribution is 0.408. The summed E-state index contributed by atoms with van der Waals surface area (Å²) >= 11 is 0. The van der Waals surface area contributed by atoms with E-state index < -0.39 is 10.0 Å². The van der Waals surface area contributed by atoms with Crippen LogP contribution in [0.25, 0.3) is 0 Å². The molecule has 1 aliphatic rings. The number of nitrogens with zero attached hydrogens (tertiary/aromatic N) is 1. The summed E-state index contributed by atoms with van der Waals surface area (Å²) in [6.45, 7) is 3.29. The van der Waals surface area contributed by atoms with Crippen molar-refractivity contribution in [1.82, 2.24) is 9.62 Å². The summed E-state index contributed by atoms with van der Waals surface area (Å²) in [5.41, 5.74) is 0.991. The fraction of sp³-hybridized carbons (Fsp3) is 0.538. The first kappa shape index (κ1) is 13.5. The Bertz CT molecular complexity index is 513. The van der Waals surface area contributed by atoms with Gasteiger partial charge in [0.25, 0.3) is 0 Å². The molecule has 1 aromatic carbocycles. The first-order valence-electron chi connectivity index (χ1n) is 6.31. The van der Waals surface area contributed by atoms with Gasteiger partial charge in [0.05, 0.1) is 4.90 Å². The molecule has 1 heterocycles.